The molecule has 1 aliphatic heterocycles. The Labute approximate surface area is 154 Å². The number of rotatable bonds is 2. The molecule has 0 N–H and O–H groups in total. The Bertz CT molecular complexity index is 802. The SMILES string of the molecule is CC(C)(C)OC(=O)N1CCN(C(=O)Cc2ccc3ccccc3c2)CC1. The van der Waals surface area contributed by atoms with Gasteiger partial charge in [-0.2, -0.15) is 0 Å². The van der Waals surface area contributed by atoms with Gasteiger partial charge in [0, 0.05) is 26.2 Å². The van der Waals surface area contributed by atoms with Crippen molar-refractivity contribution in [1.82, 2.24) is 9.80 Å². The van der Waals surface area contributed by atoms with Crippen molar-refractivity contribution in [3.8, 4) is 0 Å². The molecule has 0 atom stereocenters. The standard InChI is InChI=1S/C21H26N2O3/c1-21(2,3)26-20(25)23-12-10-22(11-13-23)19(24)15-16-8-9-17-6-4-5-7-18(17)14-16/h4-9,14H,10-13,15H2,1-3H3. The zero-order chi connectivity index (χ0) is 18.7. The third kappa shape index (κ3) is 4.54. The molecule has 0 bridgehead atoms. The van der Waals surface area contributed by atoms with Gasteiger partial charge in [-0.1, -0.05) is 42.5 Å². The highest BCUT2D eigenvalue weighted by atomic mass is 16.6. The maximum Gasteiger partial charge on any atom is 0.410 e. The van der Waals surface area contributed by atoms with Gasteiger partial charge in [0.25, 0.3) is 0 Å². The van der Waals surface area contributed by atoms with Crippen LogP contribution in [0.1, 0.15) is 26.3 Å². The van der Waals surface area contributed by atoms with Gasteiger partial charge in [0.05, 0.1) is 6.42 Å². The number of carbonyl (C=O) groups is 2. The van der Waals surface area contributed by atoms with Crippen LogP contribution in [0.3, 0.4) is 0 Å². The highest BCUT2D eigenvalue weighted by Crippen LogP contribution is 2.17. The van der Waals surface area contributed by atoms with Crippen LogP contribution >= 0.6 is 0 Å². The lowest BCUT2D eigenvalue weighted by atomic mass is 10.0. The van der Waals surface area contributed by atoms with Gasteiger partial charge < -0.3 is 14.5 Å². The number of hydrogen-bond donors (Lipinski definition) is 0. The van der Waals surface area contributed by atoms with E-state index in [4.69, 9.17) is 4.74 Å². The second kappa shape index (κ2) is 7.36. The predicted octanol–water partition coefficient (Wildman–Crippen LogP) is 3.46. The zero-order valence-corrected chi connectivity index (χ0v) is 15.7. The number of fused-ring (bicyclic) bond motifs is 1. The Morgan fingerprint density at radius 2 is 1.54 bits per heavy atom. The van der Waals surface area contributed by atoms with E-state index in [0.29, 0.717) is 32.6 Å². The van der Waals surface area contributed by atoms with Gasteiger partial charge in [-0.25, -0.2) is 4.79 Å². The fourth-order valence-corrected chi connectivity index (χ4v) is 3.10. The third-order valence-electron chi connectivity index (χ3n) is 4.45. The Kier molecular flexibility index (Phi) is 5.16. The van der Waals surface area contributed by atoms with Crippen LogP contribution < -0.4 is 0 Å². The summed E-state index contributed by atoms with van der Waals surface area (Å²) in [6.07, 6.45) is 0.0798. The summed E-state index contributed by atoms with van der Waals surface area (Å²) in [5.41, 5.74) is 0.517. The molecule has 1 saturated heterocycles. The molecular formula is C21H26N2O3. The van der Waals surface area contributed by atoms with E-state index in [0.717, 1.165) is 10.9 Å². The molecule has 2 aromatic carbocycles. The summed E-state index contributed by atoms with van der Waals surface area (Å²) in [6, 6.07) is 14.3. The van der Waals surface area contributed by atoms with Crippen molar-refractivity contribution in [2.45, 2.75) is 32.8 Å². The maximum atomic E-state index is 12.6. The number of carbonyl (C=O) groups excluding carboxylic acids is 2. The lowest BCUT2D eigenvalue weighted by Crippen LogP contribution is -2.51. The van der Waals surface area contributed by atoms with E-state index in [2.05, 4.69) is 24.3 Å². The lowest BCUT2D eigenvalue weighted by Gasteiger charge is -2.35. The Balaban J connectivity index is 1.55. The number of benzene rings is 2. The van der Waals surface area contributed by atoms with Crippen molar-refractivity contribution < 1.29 is 14.3 Å². The van der Waals surface area contributed by atoms with Crippen molar-refractivity contribution in [3.63, 3.8) is 0 Å². The van der Waals surface area contributed by atoms with Crippen molar-refractivity contribution >= 4 is 22.8 Å². The van der Waals surface area contributed by atoms with Crippen LogP contribution in [-0.4, -0.2) is 53.6 Å². The van der Waals surface area contributed by atoms with E-state index < -0.39 is 5.60 Å². The van der Waals surface area contributed by atoms with E-state index in [1.165, 1.54) is 5.39 Å². The summed E-state index contributed by atoms with van der Waals surface area (Å²) in [5, 5.41) is 2.32. The first-order valence-electron chi connectivity index (χ1n) is 9.05. The van der Waals surface area contributed by atoms with Crippen LogP contribution in [-0.2, 0) is 16.0 Å². The second-order valence-electron chi connectivity index (χ2n) is 7.71. The third-order valence-corrected chi connectivity index (χ3v) is 4.45. The van der Waals surface area contributed by atoms with Gasteiger partial charge in [-0.3, -0.25) is 4.79 Å². The number of ether oxygens (including phenoxy) is 1. The highest BCUT2D eigenvalue weighted by molar-refractivity contribution is 5.85. The summed E-state index contributed by atoms with van der Waals surface area (Å²) in [6.45, 7) is 7.69. The smallest absolute Gasteiger partial charge is 0.410 e. The molecule has 3 rings (SSSR count). The largest absolute Gasteiger partial charge is 0.444 e. The average molecular weight is 354 g/mol. The van der Waals surface area contributed by atoms with E-state index in [1.807, 2.05) is 43.9 Å². The molecule has 1 aliphatic rings. The predicted molar refractivity (Wildman–Crippen MR) is 102 cm³/mol. The Morgan fingerprint density at radius 1 is 0.923 bits per heavy atom. The first kappa shape index (κ1) is 18.2. The average Bonchev–Trinajstić information content (AvgIpc) is 2.60. The number of hydrogen-bond acceptors (Lipinski definition) is 3. The summed E-state index contributed by atoms with van der Waals surface area (Å²) in [7, 11) is 0. The molecule has 1 heterocycles. The Morgan fingerprint density at radius 3 is 2.19 bits per heavy atom. The summed E-state index contributed by atoms with van der Waals surface area (Å²) < 4.78 is 5.39. The maximum absolute atomic E-state index is 12.6. The van der Waals surface area contributed by atoms with Gasteiger partial charge in [-0.15, -0.1) is 0 Å². The van der Waals surface area contributed by atoms with Crippen LogP contribution in [0, 0.1) is 0 Å². The van der Waals surface area contributed by atoms with Crippen LogP contribution in [0.4, 0.5) is 4.79 Å². The minimum absolute atomic E-state index is 0.101. The molecule has 138 valence electrons. The monoisotopic (exact) mass is 354 g/mol. The minimum Gasteiger partial charge on any atom is -0.444 e. The molecule has 26 heavy (non-hydrogen) atoms. The fourth-order valence-electron chi connectivity index (χ4n) is 3.10. The van der Waals surface area contributed by atoms with Crippen molar-refractivity contribution in [2.75, 3.05) is 26.2 Å². The summed E-state index contributed by atoms with van der Waals surface area (Å²) in [4.78, 5) is 28.2. The first-order valence-corrected chi connectivity index (χ1v) is 9.05. The fraction of sp³-hybridized carbons (Fsp3) is 0.429. The van der Waals surface area contributed by atoms with Gasteiger partial charge in [0.15, 0.2) is 0 Å². The second-order valence-corrected chi connectivity index (χ2v) is 7.71. The van der Waals surface area contributed by atoms with Crippen molar-refractivity contribution in [1.29, 1.82) is 0 Å². The van der Waals surface area contributed by atoms with Gasteiger partial charge in [0.2, 0.25) is 5.91 Å². The first-order chi connectivity index (χ1) is 12.3. The van der Waals surface area contributed by atoms with Crippen LogP contribution in [0.5, 0.6) is 0 Å². The molecule has 0 saturated carbocycles. The Hall–Kier alpha value is -2.56. The van der Waals surface area contributed by atoms with E-state index in [1.54, 1.807) is 4.90 Å². The van der Waals surface area contributed by atoms with Crippen molar-refractivity contribution in [3.05, 3.63) is 48.0 Å². The molecule has 0 spiro atoms. The lowest BCUT2D eigenvalue weighted by molar-refractivity contribution is -0.132. The molecule has 0 unspecified atom stereocenters. The molecule has 2 amide bonds. The molecule has 2 aromatic rings. The highest BCUT2D eigenvalue weighted by Gasteiger charge is 2.27. The zero-order valence-electron chi connectivity index (χ0n) is 15.7. The van der Waals surface area contributed by atoms with Gasteiger partial charge in [-0.05, 0) is 37.1 Å². The number of nitrogens with zero attached hydrogens (tertiary/aromatic N) is 2. The van der Waals surface area contributed by atoms with Gasteiger partial charge in [0.1, 0.15) is 5.60 Å². The van der Waals surface area contributed by atoms with Crippen molar-refractivity contribution in [2.24, 2.45) is 0 Å². The van der Waals surface area contributed by atoms with Crippen LogP contribution in [0.2, 0.25) is 0 Å². The molecule has 0 aromatic heterocycles. The topological polar surface area (TPSA) is 49.9 Å². The molecule has 0 aliphatic carbocycles. The van der Waals surface area contributed by atoms with E-state index in [9.17, 15) is 9.59 Å². The van der Waals surface area contributed by atoms with Gasteiger partial charge >= 0.3 is 6.09 Å². The van der Waals surface area contributed by atoms with Crippen LogP contribution in [0.15, 0.2) is 42.5 Å². The number of amides is 2. The molecule has 5 heteroatoms. The minimum atomic E-state index is -0.500. The summed E-state index contributed by atoms with van der Waals surface area (Å²) >= 11 is 0. The molecule has 0 radical (unpaired) electrons. The molecule has 1 fully saturated rings. The van der Waals surface area contributed by atoms with E-state index in [-0.39, 0.29) is 12.0 Å². The molecular weight excluding hydrogens is 328 g/mol. The normalized spacial score (nSPS) is 15.2. The molecule has 5 nitrogen and oxygen atoms in total. The summed E-state index contributed by atoms with van der Waals surface area (Å²) in [5.74, 6) is 0.101. The van der Waals surface area contributed by atoms with E-state index >= 15 is 0 Å². The quantitative estimate of drug-likeness (QED) is 0.830. The van der Waals surface area contributed by atoms with Crippen LogP contribution in [0.25, 0.3) is 10.8 Å². The number of piperazine rings is 1.